The molecule has 2 heterocycles. The number of hydrogen-bond acceptors (Lipinski definition) is 6. The van der Waals surface area contributed by atoms with Crippen LogP contribution in [0.4, 0.5) is 16.0 Å². The van der Waals surface area contributed by atoms with Gasteiger partial charge in [-0.15, -0.1) is 0 Å². The molecule has 0 fully saturated rings. The lowest BCUT2D eigenvalue weighted by Crippen LogP contribution is -2.32. The minimum absolute atomic E-state index is 0.0195. The molecule has 3 aromatic rings. The smallest absolute Gasteiger partial charge is 0.248 e. The number of alkyl halides is 1. The van der Waals surface area contributed by atoms with Crippen molar-refractivity contribution in [1.29, 1.82) is 0 Å². The van der Waals surface area contributed by atoms with Gasteiger partial charge in [-0.3, -0.25) is 9.48 Å². The van der Waals surface area contributed by atoms with Crippen molar-refractivity contribution in [2.75, 3.05) is 5.32 Å². The molecule has 2 atom stereocenters. The lowest BCUT2D eigenvalue weighted by Gasteiger charge is -2.10. The minimum atomic E-state index is -1.30. The lowest BCUT2D eigenvalue weighted by atomic mass is 10.1. The second-order valence-electron chi connectivity index (χ2n) is 6.50. The molecule has 3 rings (SSSR count). The topological polar surface area (TPSA) is 119 Å². The molecule has 28 heavy (non-hydrogen) atoms. The number of nitrogens with zero attached hydrogens (tertiary/aromatic N) is 4. The highest BCUT2D eigenvalue weighted by atomic mass is 19.1. The summed E-state index contributed by atoms with van der Waals surface area (Å²) in [6.45, 7) is 3.34. The first-order valence-corrected chi connectivity index (χ1v) is 8.68. The predicted molar refractivity (Wildman–Crippen MR) is 102 cm³/mol. The number of halogens is 1. The average Bonchev–Trinajstić information content (AvgIpc) is 3.10. The summed E-state index contributed by atoms with van der Waals surface area (Å²) < 4.78 is 14.9. The third-order valence-electron chi connectivity index (χ3n) is 4.07. The van der Waals surface area contributed by atoms with Crippen LogP contribution in [0.5, 0.6) is 0 Å². The van der Waals surface area contributed by atoms with Crippen molar-refractivity contribution in [3.05, 3.63) is 54.1 Å². The van der Waals surface area contributed by atoms with Crippen LogP contribution in [0.15, 0.2) is 42.9 Å². The van der Waals surface area contributed by atoms with Crippen LogP contribution in [0.3, 0.4) is 0 Å². The van der Waals surface area contributed by atoms with E-state index < -0.39 is 18.2 Å². The first-order chi connectivity index (χ1) is 13.3. The number of aliphatic hydroxyl groups is 1. The molecule has 0 bridgehead atoms. The zero-order chi connectivity index (χ0) is 20.3. The Hall–Kier alpha value is -3.33. The number of amides is 1. The molecule has 146 valence electrons. The van der Waals surface area contributed by atoms with Gasteiger partial charge >= 0.3 is 0 Å². The van der Waals surface area contributed by atoms with Gasteiger partial charge in [-0.1, -0.05) is 6.07 Å². The molecule has 0 aliphatic rings. The summed E-state index contributed by atoms with van der Waals surface area (Å²) >= 11 is 0. The van der Waals surface area contributed by atoms with Crippen LogP contribution >= 0.6 is 0 Å². The van der Waals surface area contributed by atoms with Crippen LogP contribution in [0.2, 0.25) is 0 Å². The first kappa shape index (κ1) is 19.4. The maximum Gasteiger partial charge on any atom is 0.248 e. The molecular formula is C19H21FN6O2. The number of nitrogens with two attached hydrogens (primary N) is 1. The molecule has 0 aliphatic carbocycles. The van der Waals surface area contributed by atoms with E-state index in [-0.39, 0.29) is 6.54 Å². The molecule has 0 saturated heterocycles. The van der Waals surface area contributed by atoms with E-state index in [2.05, 4.69) is 20.4 Å². The molecule has 0 radical (unpaired) electrons. The maximum atomic E-state index is 13.5. The number of primary amides is 1. The van der Waals surface area contributed by atoms with Crippen molar-refractivity contribution in [3.8, 4) is 11.1 Å². The fourth-order valence-electron chi connectivity index (χ4n) is 2.69. The molecule has 2 aromatic heterocycles. The van der Waals surface area contributed by atoms with Crippen LogP contribution in [0.25, 0.3) is 11.1 Å². The van der Waals surface area contributed by atoms with Gasteiger partial charge in [-0.25, -0.2) is 14.4 Å². The highest BCUT2D eigenvalue weighted by Gasteiger charge is 2.13. The molecule has 0 saturated carbocycles. The number of rotatable bonds is 7. The van der Waals surface area contributed by atoms with E-state index in [1.54, 1.807) is 12.4 Å². The third kappa shape index (κ3) is 4.68. The normalized spacial score (nSPS) is 13.1. The van der Waals surface area contributed by atoms with Gasteiger partial charge in [-0.2, -0.15) is 5.10 Å². The zero-order valence-corrected chi connectivity index (χ0v) is 15.5. The molecule has 0 spiro atoms. The molecule has 1 amide bonds. The highest BCUT2D eigenvalue weighted by molar-refractivity contribution is 5.78. The molecule has 1 unspecified atom stereocenters. The van der Waals surface area contributed by atoms with Gasteiger partial charge in [-0.05, 0) is 43.2 Å². The Balaban J connectivity index is 1.83. The highest BCUT2D eigenvalue weighted by Crippen LogP contribution is 2.26. The quantitative estimate of drug-likeness (QED) is 0.575. The van der Waals surface area contributed by atoms with E-state index in [1.807, 2.05) is 25.1 Å². The Morgan fingerprint density at radius 3 is 2.86 bits per heavy atom. The summed E-state index contributed by atoms with van der Waals surface area (Å²) in [5, 5.41) is 16.8. The second kappa shape index (κ2) is 8.13. The van der Waals surface area contributed by atoms with E-state index in [0.717, 1.165) is 22.4 Å². The largest absolute Gasteiger partial charge is 0.381 e. The van der Waals surface area contributed by atoms with Crippen molar-refractivity contribution >= 4 is 17.5 Å². The maximum absolute atomic E-state index is 13.5. The number of aryl methyl sites for hydroxylation is 1. The molecule has 9 heteroatoms. The summed E-state index contributed by atoms with van der Waals surface area (Å²) in [5.74, 6) is -0.497. The van der Waals surface area contributed by atoms with E-state index in [1.165, 1.54) is 23.9 Å². The van der Waals surface area contributed by atoms with Gasteiger partial charge in [0.1, 0.15) is 6.17 Å². The summed E-state index contributed by atoms with van der Waals surface area (Å²) in [6.07, 6.45) is 2.37. The van der Waals surface area contributed by atoms with Crippen LogP contribution < -0.4 is 11.1 Å². The Labute approximate surface area is 161 Å². The number of hydrogen-bond donors (Lipinski definition) is 3. The van der Waals surface area contributed by atoms with Gasteiger partial charge in [0.2, 0.25) is 11.9 Å². The first-order valence-electron chi connectivity index (χ1n) is 8.68. The number of aromatic nitrogens is 4. The Kier molecular flexibility index (Phi) is 5.65. The summed E-state index contributed by atoms with van der Waals surface area (Å²) in [5.41, 5.74) is 8.77. The second-order valence-corrected chi connectivity index (χ2v) is 6.50. The Morgan fingerprint density at radius 1 is 1.36 bits per heavy atom. The number of benzene rings is 1. The fraction of sp³-hybridized carbons (Fsp3) is 0.263. The van der Waals surface area contributed by atoms with Crippen molar-refractivity contribution in [1.82, 2.24) is 19.7 Å². The van der Waals surface area contributed by atoms with Gasteiger partial charge in [0, 0.05) is 23.6 Å². The van der Waals surface area contributed by atoms with Crippen LogP contribution in [-0.2, 0) is 11.3 Å². The van der Waals surface area contributed by atoms with Gasteiger partial charge in [0.15, 0.2) is 6.10 Å². The van der Waals surface area contributed by atoms with Crippen LogP contribution in [-0.4, -0.2) is 36.9 Å². The summed E-state index contributed by atoms with van der Waals surface area (Å²) in [6, 6.07) is 7.30. The molecular weight excluding hydrogens is 363 g/mol. The minimum Gasteiger partial charge on any atom is -0.381 e. The molecule has 1 aromatic carbocycles. The predicted octanol–water partition coefficient (Wildman–Crippen LogP) is 2.27. The average molecular weight is 384 g/mol. The number of carbonyl (C=O) groups is 1. The summed E-state index contributed by atoms with van der Waals surface area (Å²) in [7, 11) is 0. The number of anilines is 2. The van der Waals surface area contributed by atoms with Crippen molar-refractivity contribution in [2.45, 2.75) is 32.7 Å². The van der Waals surface area contributed by atoms with E-state index >= 15 is 0 Å². The van der Waals surface area contributed by atoms with E-state index in [4.69, 9.17) is 5.73 Å². The lowest BCUT2D eigenvalue weighted by molar-refractivity contribution is -0.126. The van der Waals surface area contributed by atoms with Gasteiger partial charge in [0.05, 0.1) is 18.4 Å². The van der Waals surface area contributed by atoms with Crippen molar-refractivity contribution in [2.24, 2.45) is 5.73 Å². The monoisotopic (exact) mass is 384 g/mol. The number of aliphatic hydroxyl groups excluding tert-OH is 1. The Bertz CT molecular complexity index is 988. The van der Waals surface area contributed by atoms with E-state index in [0.29, 0.717) is 11.6 Å². The van der Waals surface area contributed by atoms with Gasteiger partial charge < -0.3 is 16.2 Å². The number of carbonyl (C=O) groups excluding carboxylic acids is 1. The van der Waals surface area contributed by atoms with Gasteiger partial charge in [0.25, 0.3) is 0 Å². The summed E-state index contributed by atoms with van der Waals surface area (Å²) in [4.78, 5) is 19.3. The number of nitrogens with one attached hydrogen (secondary N) is 1. The van der Waals surface area contributed by atoms with Crippen molar-refractivity contribution in [3.63, 3.8) is 0 Å². The molecule has 0 aliphatic heterocycles. The zero-order valence-electron chi connectivity index (χ0n) is 15.5. The van der Waals surface area contributed by atoms with Crippen LogP contribution in [0.1, 0.15) is 24.4 Å². The molecule has 8 nitrogen and oxygen atoms in total. The molecule has 4 N–H and O–H groups in total. The van der Waals surface area contributed by atoms with Crippen LogP contribution in [0, 0.1) is 6.92 Å². The SMILES string of the molecule is Cc1cc(Nc2nccc(C(C)F)n2)cc(-c2cnn(C[C@H](O)C(N)=O)c2)c1. The Morgan fingerprint density at radius 2 is 2.14 bits per heavy atom. The van der Waals surface area contributed by atoms with Crippen molar-refractivity contribution < 1.29 is 14.3 Å². The fourth-order valence-corrected chi connectivity index (χ4v) is 2.69. The van der Waals surface area contributed by atoms with E-state index in [9.17, 15) is 14.3 Å². The standard InChI is InChI=1S/C19H21FN6O2/c1-11-5-13(14-8-23-26(9-14)10-17(27)18(21)28)7-15(6-11)24-19-22-4-3-16(25-19)12(2)20/h3-9,12,17,27H,10H2,1-2H3,(H2,21,28)(H,22,24,25)/t12?,17-/m0/s1. The third-order valence-corrected chi connectivity index (χ3v) is 4.07.